The number of amides is 1. The number of carbonyl (C=O) groups excluding carboxylic acids is 1. The standard InChI is InChI=1S/C20H14ClF3N4O2S/c1-28-18(16-8-11-7-13(21)5-6-15(11)30-16)26-27-19(28)31-10-17(29)25-14-4-2-3-12(9-14)20(22,23)24/h2-9H,10H2,1H3,(H,25,29). The summed E-state index contributed by atoms with van der Waals surface area (Å²) in [6.45, 7) is 0. The van der Waals surface area contributed by atoms with E-state index in [1.54, 1.807) is 35.9 Å². The number of alkyl halides is 3. The van der Waals surface area contributed by atoms with Crippen molar-refractivity contribution in [1.29, 1.82) is 0 Å². The Morgan fingerprint density at radius 2 is 2.00 bits per heavy atom. The van der Waals surface area contributed by atoms with Crippen LogP contribution >= 0.6 is 23.4 Å². The fourth-order valence-electron chi connectivity index (χ4n) is 2.88. The number of rotatable bonds is 5. The Balaban J connectivity index is 1.43. The normalized spacial score (nSPS) is 11.8. The predicted molar refractivity (Wildman–Crippen MR) is 112 cm³/mol. The summed E-state index contributed by atoms with van der Waals surface area (Å²) >= 11 is 7.10. The first-order valence-electron chi connectivity index (χ1n) is 8.89. The lowest BCUT2D eigenvalue weighted by Gasteiger charge is -2.09. The van der Waals surface area contributed by atoms with Gasteiger partial charge in [-0.15, -0.1) is 10.2 Å². The third-order valence-corrected chi connectivity index (χ3v) is 5.59. The first-order chi connectivity index (χ1) is 14.7. The molecule has 0 aliphatic rings. The lowest BCUT2D eigenvalue weighted by atomic mass is 10.2. The smallest absolute Gasteiger partial charge is 0.416 e. The van der Waals surface area contributed by atoms with Gasteiger partial charge in [0.25, 0.3) is 0 Å². The molecule has 4 aromatic rings. The van der Waals surface area contributed by atoms with Crippen molar-refractivity contribution in [2.24, 2.45) is 7.05 Å². The molecule has 0 spiro atoms. The second-order valence-electron chi connectivity index (χ2n) is 6.57. The first-order valence-corrected chi connectivity index (χ1v) is 10.3. The highest BCUT2D eigenvalue weighted by Gasteiger charge is 2.30. The minimum atomic E-state index is -4.48. The molecule has 31 heavy (non-hydrogen) atoms. The van der Waals surface area contributed by atoms with Crippen LogP contribution in [0.2, 0.25) is 5.02 Å². The van der Waals surface area contributed by atoms with Crippen LogP contribution in [0.4, 0.5) is 18.9 Å². The summed E-state index contributed by atoms with van der Waals surface area (Å²) in [7, 11) is 1.72. The maximum Gasteiger partial charge on any atom is 0.416 e. The number of carbonyl (C=O) groups is 1. The van der Waals surface area contributed by atoms with Gasteiger partial charge < -0.3 is 14.3 Å². The van der Waals surface area contributed by atoms with Gasteiger partial charge in [-0.25, -0.2) is 0 Å². The van der Waals surface area contributed by atoms with Gasteiger partial charge in [-0.2, -0.15) is 13.2 Å². The van der Waals surface area contributed by atoms with Crippen molar-refractivity contribution in [1.82, 2.24) is 14.8 Å². The largest absolute Gasteiger partial charge is 0.453 e. The van der Waals surface area contributed by atoms with Crippen LogP contribution in [0.25, 0.3) is 22.6 Å². The minimum absolute atomic E-state index is 0.0576. The zero-order chi connectivity index (χ0) is 22.2. The lowest BCUT2D eigenvalue weighted by molar-refractivity contribution is -0.137. The summed E-state index contributed by atoms with van der Waals surface area (Å²) in [5, 5.41) is 12.5. The molecular weight excluding hydrogens is 453 g/mol. The number of nitrogens with zero attached hydrogens (tertiary/aromatic N) is 3. The van der Waals surface area contributed by atoms with Gasteiger partial charge in [-0.3, -0.25) is 4.79 Å². The number of hydrogen-bond donors (Lipinski definition) is 1. The Labute approximate surface area is 183 Å². The van der Waals surface area contributed by atoms with Crippen LogP contribution in [-0.4, -0.2) is 26.4 Å². The lowest BCUT2D eigenvalue weighted by Crippen LogP contribution is -2.15. The summed E-state index contributed by atoms with van der Waals surface area (Å²) in [6.07, 6.45) is -4.48. The van der Waals surface area contributed by atoms with Gasteiger partial charge in [-0.05, 0) is 42.5 Å². The van der Waals surface area contributed by atoms with E-state index >= 15 is 0 Å². The number of furan rings is 1. The van der Waals surface area contributed by atoms with Crippen molar-refractivity contribution >= 4 is 45.9 Å². The predicted octanol–water partition coefficient (Wildman–Crippen LogP) is 5.63. The molecule has 4 rings (SSSR count). The summed E-state index contributed by atoms with van der Waals surface area (Å²) in [5.74, 6) is 0.436. The molecule has 0 saturated carbocycles. The average Bonchev–Trinajstić information content (AvgIpc) is 3.28. The van der Waals surface area contributed by atoms with E-state index in [-0.39, 0.29) is 11.4 Å². The van der Waals surface area contributed by atoms with Gasteiger partial charge in [0.15, 0.2) is 16.7 Å². The van der Waals surface area contributed by atoms with Crippen LogP contribution in [0.5, 0.6) is 0 Å². The zero-order valence-corrected chi connectivity index (χ0v) is 17.5. The van der Waals surface area contributed by atoms with E-state index in [0.29, 0.717) is 27.3 Å². The molecule has 2 aromatic carbocycles. The summed E-state index contributed by atoms with van der Waals surface area (Å²) in [6, 6.07) is 11.5. The molecule has 6 nitrogen and oxygen atoms in total. The summed E-state index contributed by atoms with van der Waals surface area (Å²) < 4.78 is 45.9. The van der Waals surface area contributed by atoms with Gasteiger partial charge in [0.1, 0.15) is 5.58 Å². The quantitative estimate of drug-likeness (QED) is 0.386. The van der Waals surface area contributed by atoms with Crippen LogP contribution in [-0.2, 0) is 18.0 Å². The molecule has 0 atom stereocenters. The number of aromatic nitrogens is 3. The molecule has 0 aliphatic carbocycles. The number of hydrogen-bond acceptors (Lipinski definition) is 5. The molecule has 0 unspecified atom stereocenters. The van der Waals surface area contributed by atoms with Crippen molar-refractivity contribution in [3.8, 4) is 11.6 Å². The zero-order valence-electron chi connectivity index (χ0n) is 15.9. The molecule has 1 N–H and O–H groups in total. The fourth-order valence-corrected chi connectivity index (χ4v) is 3.77. The van der Waals surface area contributed by atoms with Crippen molar-refractivity contribution in [3.05, 3.63) is 59.1 Å². The van der Waals surface area contributed by atoms with Crippen LogP contribution in [0, 0.1) is 0 Å². The summed E-state index contributed by atoms with van der Waals surface area (Å²) in [4.78, 5) is 12.2. The van der Waals surface area contributed by atoms with E-state index in [2.05, 4.69) is 15.5 Å². The van der Waals surface area contributed by atoms with Crippen molar-refractivity contribution < 1.29 is 22.4 Å². The van der Waals surface area contributed by atoms with Crippen LogP contribution in [0.3, 0.4) is 0 Å². The van der Waals surface area contributed by atoms with Crippen LogP contribution in [0.15, 0.2) is 58.1 Å². The fraction of sp³-hybridized carbons (Fsp3) is 0.150. The monoisotopic (exact) mass is 466 g/mol. The number of thioether (sulfide) groups is 1. The van der Waals surface area contributed by atoms with Crippen molar-refractivity contribution in [2.45, 2.75) is 11.3 Å². The highest BCUT2D eigenvalue weighted by molar-refractivity contribution is 7.99. The third-order valence-electron chi connectivity index (χ3n) is 4.34. The molecular formula is C20H14ClF3N4O2S. The third kappa shape index (κ3) is 4.70. The van der Waals surface area contributed by atoms with Crippen molar-refractivity contribution in [2.75, 3.05) is 11.1 Å². The maximum absolute atomic E-state index is 12.8. The van der Waals surface area contributed by atoms with E-state index in [4.69, 9.17) is 16.0 Å². The number of fused-ring (bicyclic) bond motifs is 1. The Bertz CT molecular complexity index is 1270. The number of benzene rings is 2. The van der Waals surface area contributed by atoms with E-state index in [9.17, 15) is 18.0 Å². The van der Waals surface area contributed by atoms with E-state index in [0.717, 1.165) is 29.3 Å². The number of nitrogens with one attached hydrogen (secondary N) is 1. The Morgan fingerprint density at radius 3 is 2.77 bits per heavy atom. The minimum Gasteiger partial charge on any atom is -0.453 e. The SMILES string of the molecule is Cn1c(SCC(=O)Nc2cccc(C(F)(F)F)c2)nnc1-c1cc2cc(Cl)ccc2o1. The van der Waals surface area contributed by atoms with Crippen LogP contribution in [0.1, 0.15) is 5.56 Å². The molecule has 0 aliphatic heterocycles. The highest BCUT2D eigenvalue weighted by Crippen LogP contribution is 2.31. The van der Waals surface area contributed by atoms with Gasteiger partial charge in [0.05, 0.1) is 11.3 Å². The molecule has 0 saturated heterocycles. The van der Waals surface area contributed by atoms with E-state index in [1.165, 1.54) is 12.1 Å². The Kier molecular flexibility index (Phi) is 5.67. The average molecular weight is 467 g/mol. The Hall–Kier alpha value is -2.98. The number of anilines is 1. The second-order valence-corrected chi connectivity index (χ2v) is 7.95. The van der Waals surface area contributed by atoms with Gasteiger partial charge >= 0.3 is 6.18 Å². The topological polar surface area (TPSA) is 73.0 Å². The molecule has 0 bridgehead atoms. The van der Waals surface area contributed by atoms with E-state index < -0.39 is 17.6 Å². The molecule has 2 aromatic heterocycles. The summed E-state index contributed by atoms with van der Waals surface area (Å²) in [5.41, 5.74) is -0.111. The van der Waals surface area contributed by atoms with Gasteiger partial charge in [0.2, 0.25) is 5.91 Å². The highest BCUT2D eigenvalue weighted by atomic mass is 35.5. The van der Waals surface area contributed by atoms with Gasteiger partial charge in [-0.1, -0.05) is 29.4 Å². The number of halogens is 4. The maximum atomic E-state index is 12.8. The molecule has 2 heterocycles. The second kappa shape index (κ2) is 8.27. The first kappa shape index (κ1) is 21.3. The molecule has 0 fully saturated rings. The molecule has 160 valence electrons. The van der Waals surface area contributed by atoms with E-state index in [1.807, 2.05) is 0 Å². The molecule has 11 heteroatoms. The van der Waals surface area contributed by atoms with Crippen molar-refractivity contribution in [3.63, 3.8) is 0 Å². The molecule has 1 amide bonds. The Morgan fingerprint density at radius 1 is 1.19 bits per heavy atom. The van der Waals surface area contributed by atoms with Crippen LogP contribution < -0.4 is 5.32 Å². The molecule has 0 radical (unpaired) electrons. The van der Waals surface area contributed by atoms with Gasteiger partial charge in [0, 0.05) is 23.1 Å².